The summed E-state index contributed by atoms with van der Waals surface area (Å²) in [4.78, 5) is 14.3. The Balaban J connectivity index is 1.41. The van der Waals surface area contributed by atoms with Gasteiger partial charge in [-0.2, -0.15) is 0 Å². The second-order valence-corrected chi connectivity index (χ2v) is 7.16. The number of aliphatic hydroxyl groups excluding tert-OH is 1. The highest BCUT2D eigenvalue weighted by molar-refractivity contribution is 5.79. The summed E-state index contributed by atoms with van der Waals surface area (Å²) < 4.78 is 24.0. The summed E-state index contributed by atoms with van der Waals surface area (Å²) >= 11 is 0. The van der Waals surface area contributed by atoms with E-state index in [1.807, 2.05) is 18.2 Å². The van der Waals surface area contributed by atoms with Gasteiger partial charge in [0.2, 0.25) is 12.7 Å². The first-order valence-electron chi connectivity index (χ1n) is 9.11. The van der Waals surface area contributed by atoms with Crippen molar-refractivity contribution in [2.45, 2.75) is 31.8 Å². The molecule has 0 aromatic heterocycles. The molecular weight excluding hydrogens is 349 g/mol. The normalized spacial score (nSPS) is 21.4. The average molecular weight is 371 g/mol. The summed E-state index contributed by atoms with van der Waals surface area (Å²) in [5.41, 5.74) is 2.57. The summed E-state index contributed by atoms with van der Waals surface area (Å²) in [6, 6.07) is 10.2. The van der Waals surface area contributed by atoms with Crippen LogP contribution in [0.15, 0.2) is 36.4 Å². The number of carbonyl (C=O) groups is 1. The lowest BCUT2D eigenvalue weighted by Crippen LogP contribution is -2.46. The number of benzene rings is 2. The minimum absolute atomic E-state index is 0.0453. The van der Waals surface area contributed by atoms with Crippen LogP contribution in [-0.2, 0) is 11.2 Å². The van der Waals surface area contributed by atoms with E-state index >= 15 is 0 Å². The Hall–Kier alpha value is -2.60. The van der Waals surface area contributed by atoms with E-state index in [1.54, 1.807) is 17.9 Å². The molecule has 2 atom stereocenters. The number of likely N-dealkylation sites (tertiary alicyclic amines) is 1. The summed E-state index contributed by atoms with van der Waals surface area (Å²) in [6.07, 6.45) is 0.250. The first kappa shape index (κ1) is 17.8. The molecule has 2 heterocycles. The zero-order chi connectivity index (χ0) is 19.0. The molecule has 4 rings (SSSR count). The fourth-order valence-electron chi connectivity index (χ4n) is 3.82. The van der Waals surface area contributed by atoms with Crippen LogP contribution in [0.3, 0.4) is 0 Å². The fourth-order valence-corrected chi connectivity index (χ4v) is 3.82. The fraction of sp³-hybridized carbons (Fsp3) is 0.381. The summed E-state index contributed by atoms with van der Waals surface area (Å²) in [5, 5.41) is 10.6. The molecule has 2 aromatic rings. The smallest absolute Gasteiger partial charge is 0.231 e. The van der Waals surface area contributed by atoms with Gasteiger partial charge in [-0.15, -0.1) is 0 Å². The molecule has 0 aliphatic carbocycles. The van der Waals surface area contributed by atoms with Gasteiger partial charge in [-0.1, -0.05) is 12.1 Å². The minimum atomic E-state index is -0.641. The monoisotopic (exact) mass is 371 g/mol. The number of hydrogen-bond acceptors (Lipinski definition) is 4. The Morgan fingerprint density at radius 1 is 1.22 bits per heavy atom. The number of ether oxygens (including phenoxy) is 2. The van der Waals surface area contributed by atoms with Crippen LogP contribution in [0.5, 0.6) is 11.5 Å². The van der Waals surface area contributed by atoms with Gasteiger partial charge in [0.25, 0.3) is 0 Å². The van der Waals surface area contributed by atoms with Crippen LogP contribution in [0, 0.1) is 12.7 Å². The van der Waals surface area contributed by atoms with Gasteiger partial charge in [0.05, 0.1) is 12.5 Å². The lowest BCUT2D eigenvalue weighted by molar-refractivity contribution is -0.134. The Bertz CT molecular complexity index is 869. The van der Waals surface area contributed by atoms with E-state index in [0.29, 0.717) is 18.7 Å². The number of carbonyl (C=O) groups excluding carboxylic acids is 1. The number of rotatable bonds is 3. The molecule has 0 bridgehead atoms. The third-order valence-corrected chi connectivity index (χ3v) is 5.41. The van der Waals surface area contributed by atoms with E-state index in [2.05, 4.69) is 0 Å². The van der Waals surface area contributed by atoms with Gasteiger partial charge in [-0.25, -0.2) is 4.39 Å². The van der Waals surface area contributed by atoms with Crippen molar-refractivity contribution in [1.29, 1.82) is 0 Å². The van der Waals surface area contributed by atoms with Crippen molar-refractivity contribution in [2.24, 2.45) is 0 Å². The van der Waals surface area contributed by atoms with Gasteiger partial charge >= 0.3 is 0 Å². The highest BCUT2D eigenvalue weighted by Gasteiger charge is 2.32. The number of halogens is 1. The highest BCUT2D eigenvalue weighted by atomic mass is 19.1. The number of fused-ring (bicyclic) bond motifs is 1. The molecule has 1 N–H and O–H groups in total. The molecule has 1 saturated heterocycles. The third-order valence-electron chi connectivity index (χ3n) is 5.41. The van der Waals surface area contributed by atoms with Crippen molar-refractivity contribution in [3.63, 3.8) is 0 Å². The maximum absolute atomic E-state index is 13.2. The molecule has 2 aromatic carbocycles. The minimum Gasteiger partial charge on any atom is -0.454 e. The van der Waals surface area contributed by atoms with E-state index in [1.165, 1.54) is 12.1 Å². The lowest BCUT2D eigenvalue weighted by Gasteiger charge is -2.36. The second-order valence-electron chi connectivity index (χ2n) is 7.16. The maximum atomic E-state index is 13.2. The van der Waals surface area contributed by atoms with Crippen molar-refractivity contribution in [3.05, 3.63) is 58.9 Å². The molecule has 0 saturated carbocycles. The zero-order valence-corrected chi connectivity index (χ0v) is 15.2. The number of nitrogens with zero attached hydrogens (tertiary/aromatic N) is 1. The largest absolute Gasteiger partial charge is 0.454 e. The van der Waals surface area contributed by atoms with E-state index in [4.69, 9.17) is 9.47 Å². The van der Waals surface area contributed by atoms with Crippen LogP contribution in [0.1, 0.15) is 29.0 Å². The number of β-amino-alcohol motifs (C(OH)–C–C–N with tert-alkyl or cyclic N) is 1. The zero-order valence-electron chi connectivity index (χ0n) is 15.2. The molecule has 6 heteroatoms. The predicted octanol–water partition coefficient (Wildman–Crippen LogP) is 2.78. The Labute approximate surface area is 157 Å². The first-order valence-corrected chi connectivity index (χ1v) is 9.11. The molecule has 5 nitrogen and oxygen atoms in total. The Morgan fingerprint density at radius 3 is 2.81 bits per heavy atom. The SMILES string of the molecule is Cc1cc(F)ccc1CC(=O)N1CC[C@@H](c2ccc3c(c2)OCO3)[C@H](O)C1. The van der Waals surface area contributed by atoms with Crippen LogP contribution in [-0.4, -0.2) is 41.9 Å². The molecule has 142 valence electrons. The van der Waals surface area contributed by atoms with Gasteiger partial charge in [0, 0.05) is 19.0 Å². The molecule has 2 aliphatic heterocycles. The summed E-state index contributed by atoms with van der Waals surface area (Å²) in [7, 11) is 0. The number of amides is 1. The van der Waals surface area contributed by atoms with Crippen molar-refractivity contribution >= 4 is 5.91 Å². The third kappa shape index (κ3) is 3.62. The number of aryl methyl sites for hydroxylation is 1. The average Bonchev–Trinajstić information content (AvgIpc) is 3.11. The number of aliphatic hydroxyl groups is 1. The van der Waals surface area contributed by atoms with Crippen molar-refractivity contribution in [1.82, 2.24) is 4.90 Å². The predicted molar refractivity (Wildman–Crippen MR) is 97.4 cm³/mol. The van der Waals surface area contributed by atoms with E-state index < -0.39 is 6.10 Å². The Morgan fingerprint density at radius 2 is 2.04 bits per heavy atom. The number of piperidine rings is 1. The molecule has 1 amide bonds. The molecule has 0 unspecified atom stereocenters. The first-order chi connectivity index (χ1) is 13.0. The molecular formula is C21H22FNO4. The van der Waals surface area contributed by atoms with Gasteiger partial charge in [-0.05, 0) is 54.3 Å². The molecule has 1 fully saturated rings. The van der Waals surface area contributed by atoms with Gasteiger partial charge < -0.3 is 19.5 Å². The van der Waals surface area contributed by atoms with Crippen LogP contribution < -0.4 is 9.47 Å². The van der Waals surface area contributed by atoms with E-state index in [9.17, 15) is 14.3 Å². The van der Waals surface area contributed by atoms with Gasteiger partial charge in [-0.3, -0.25) is 4.79 Å². The molecule has 0 radical (unpaired) electrons. The van der Waals surface area contributed by atoms with E-state index in [-0.39, 0.29) is 37.4 Å². The van der Waals surface area contributed by atoms with Gasteiger partial charge in [0.15, 0.2) is 11.5 Å². The molecule has 0 spiro atoms. The summed E-state index contributed by atoms with van der Waals surface area (Å²) in [6.45, 7) is 2.89. The topological polar surface area (TPSA) is 59.0 Å². The lowest BCUT2D eigenvalue weighted by atomic mass is 9.86. The Kier molecular flexibility index (Phi) is 4.74. The van der Waals surface area contributed by atoms with Crippen molar-refractivity contribution in [3.8, 4) is 11.5 Å². The molecule has 27 heavy (non-hydrogen) atoms. The maximum Gasteiger partial charge on any atom is 0.231 e. The second kappa shape index (κ2) is 7.19. The van der Waals surface area contributed by atoms with Crippen LogP contribution in [0.2, 0.25) is 0 Å². The highest BCUT2D eigenvalue weighted by Crippen LogP contribution is 2.37. The van der Waals surface area contributed by atoms with Crippen LogP contribution >= 0.6 is 0 Å². The standard InChI is InChI=1S/C21H22FNO4/c1-13-8-16(22)4-2-14(13)10-21(25)23-7-6-17(18(24)11-23)15-3-5-19-20(9-15)27-12-26-19/h2-5,8-9,17-18,24H,6-7,10-12H2,1H3/t17-,18+/m0/s1. The van der Waals surface area contributed by atoms with Crippen LogP contribution in [0.25, 0.3) is 0 Å². The van der Waals surface area contributed by atoms with Crippen molar-refractivity contribution < 1.29 is 23.8 Å². The van der Waals surface area contributed by atoms with Crippen LogP contribution in [0.4, 0.5) is 4.39 Å². The van der Waals surface area contributed by atoms with Gasteiger partial charge in [0.1, 0.15) is 5.82 Å². The van der Waals surface area contributed by atoms with E-state index in [0.717, 1.165) is 22.4 Å². The van der Waals surface area contributed by atoms with Crippen molar-refractivity contribution in [2.75, 3.05) is 19.9 Å². The molecule has 2 aliphatic rings. The quantitative estimate of drug-likeness (QED) is 0.901. The summed E-state index contributed by atoms with van der Waals surface area (Å²) in [5.74, 6) is 1.02. The number of hydrogen-bond donors (Lipinski definition) is 1.